The van der Waals surface area contributed by atoms with Crippen molar-refractivity contribution < 1.29 is 24.5 Å². The van der Waals surface area contributed by atoms with Gasteiger partial charge in [-0.15, -0.1) is 0 Å². The van der Waals surface area contributed by atoms with Crippen LogP contribution in [0.5, 0.6) is 0 Å². The smallest absolute Gasteiger partial charge is 0.305 e. The Morgan fingerprint density at radius 2 is 0.627 bits per heavy atom. The lowest BCUT2D eigenvalue weighted by Gasteiger charge is -2.22. The molecular formula is C69H133NO5. The number of carbonyl (C=O) groups is 2. The van der Waals surface area contributed by atoms with Crippen molar-refractivity contribution in [3.63, 3.8) is 0 Å². The topological polar surface area (TPSA) is 95.9 Å². The SMILES string of the molecule is CCCCCC/C=C\CCCCCCCC(=O)OCCCCCCCCCCCCCC/C=C\CCCCCCCCCC(=O)NC(CO)C(O)CCCCCCCCCCCCCCCCCCCCCCCC. The number of nitrogens with one attached hydrogen (secondary N) is 1. The summed E-state index contributed by atoms with van der Waals surface area (Å²) in [6.07, 6.45) is 80.7. The summed E-state index contributed by atoms with van der Waals surface area (Å²) in [6, 6.07) is -0.547. The molecule has 444 valence electrons. The Morgan fingerprint density at radius 1 is 0.360 bits per heavy atom. The van der Waals surface area contributed by atoms with E-state index in [1.165, 1.54) is 302 Å². The Hall–Kier alpha value is -1.66. The average Bonchev–Trinajstić information content (AvgIpc) is 3.41. The van der Waals surface area contributed by atoms with E-state index in [-0.39, 0.29) is 18.5 Å². The number of ether oxygens (including phenoxy) is 1. The normalized spacial score (nSPS) is 12.6. The molecular weight excluding hydrogens is 923 g/mol. The van der Waals surface area contributed by atoms with Gasteiger partial charge in [-0.3, -0.25) is 9.59 Å². The summed E-state index contributed by atoms with van der Waals surface area (Å²) >= 11 is 0. The summed E-state index contributed by atoms with van der Waals surface area (Å²) in [7, 11) is 0. The van der Waals surface area contributed by atoms with Crippen LogP contribution in [-0.2, 0) is 14.3 Å². The Kier molecular flexibility index (Phi) is 63.4. The Morgan fingerprint density at radius 3 is 0.960 bits per heavy atom. The highest BCUT2D eigenvalue weighted by Gasteiger charge is 2.20. The maximum absolute atomic E-state index is 12.5. The van der Waals surface area contributed by atoms with E-state index >= 15 is 0 Å². The molecule has 0 saturated carbocycles. The molecule has 0 aromatic rings. The number of hydrogen-bond acceptors (Lipinski definition) is 5. The van der Waals surface area contributed by atoms with Crippen molar-refractivity contribution in [3.8, 4) is 0 Å². The van der Waals surface area contributed by atoms with Gasteiger partial charge in [-0.05, 0) is 77.0 Å². The van der Waals surface area contributed by atoms with Crippen LogP contribution in [0.4, 0.5) is 0 Å². The third-order valence-corrected chi connectivity index (χ3v) is 16.0. The number of unbranched alkanes of at least 4 members (excludes halogenated alkanes) is 49. The number of amides is 1. The first-order valence-corrected chi connectivity index (χ1v) is 34.1. The first-order valence-electron chi connectivity index (χ1n) is 34.1. The Bertz CT molecular complexity index is 1170. The van der Waals surface area contributed by atoms with Crippen molar-refractivity contribution in [1.29, 1.82) is 0 Å². The van der Waals surface area contributed by atoms with Gasteiger partial charge in [0.2, 0.25) is 5.91 Å². The highest BCUT2D eigenvalue weighted by atomic mass is 16.5. The van der Waals surface area contributed by atoms with Crippen LogP contribution < -0.4 is 5.32 Å². The number of hydrogen-bond donors (Lipinski definition) is 3. The molecule has 0 bridgehead atoms. The van der Waals surface area contributed by atoms with E-state index in [1.54, 1.807) is 0 Å². The molecule has 0 spiro atoms. The minimum absolute atomic E-state index is 0.00297. The number of aliphatic hydroxyl groups is 2. The molecule has 6 heteroatoms. The zero-order chi connectivity index (χ0) is 54.3. The minimum atomic E-state index is -0.669. The van der Waals surface area contributed by atoms with E-state index in [0.717, 1.165) is 44.9 Å². The number of allylic oxidation sites excluding steroid dienone is 4. The fraction of sp³-hybridized carbons (Fsp3) is 0.913. The summed E-state index contributed by atoms with van der Waals surface area (Å²) in [5, 5.41) is 23.4. The van der Waals surface area contributed by atoms with Crippen molar-refractivity contribution in [2.45, 2.75) is 392 Å². The predicted molar refractivity (Wildman–Crippen MR) is 329 cm³/mol. The molecule has 1 amide bonds. The molecule has 0 aromatic heterocycles. The number of rotatable bonds is 64. The van der Waals surface area contributed by atoms with Crippen LogP contribution in [0.3, 0.4) is 0 Å². The molecule has 0 aliphatic heterocycles. The van der Waals surface area contributed by atoms with Gasteiger partial charge in [0.1, 0.15) is 0 Å². The molecule has 0 fully saturated rings. The number of carbonyl (C=O) groups excluding carboxylic acids is 2. The molecule has 75 heavy (non-hydrogen) atoms. The van der Waals surface area contributed by atoms with Gasteiger partial charge in [-0.25, -0.2) is 0 Å². The van der Waals surface area contributed by atoms with Crippen LogP contribution in [0, 0.1) is 0 Å². The standard InChI is InChI=1S/C69H133NO5/c1-3-5-7-9-11-13-15-17-18-19-20-21-25-28-31-34-38-41-45-49-53-57-61-67(72)66(65-71)70-68(73)62-58-54-50-46-42-39-35-32-29-26-23-22-24-27-30-33-36-40-44-48-52-56-60-64-75-69(74)63-59-55-51-47-43-37-16-14-12-10-8-6-4-2/h14,16,26,29,66-67,71-72H,3-13,15,17-25,27-28,30-65H2,1-2H3,(H,70,73)/b16-14-,29-26-. The quantitative estimate of drug-likeness (QED) is 0.0320. The third kappa shape index (κ3) is 61.4. The van der Waals surface area contributed by atoms with Crippen molar-refractivity contribution >= 4 is 11.9 Å². The lowest BCUT2D eigenvalue weighted by atomic mass is 10.0. The molecule has 0 heterocycles. The van der Waals surface area contributed by atoms with Gasteiger partial charge in [0, 0.05) is 12.8 Å². The van der Waals surface area contributed by atoms with Gasteiger partial charge in [0.15, 0.2) is 0 Å². The zero-order valence-electron chi connectivity index (χ0n) is 50.8. The summed E-state index contributed by atoms with van der Waals surface area (Å²) in [5.74, 6) is -0.0343. The van der Waals surface area contributed by atoms with Gasteiger partial charge >= 0.3 is 5.97 Å². The van der Waals surface area contributed by atoms with E-state index in [9.17, 15) is 19.8 Å². The number of esters is 1. The van der Waals surface area contributed by atoms with Crippen molar-refractivity contribution in [2.24, 2.45) is 0 Å². The van der Waals surface area contributed by atoms with Crippen LogP contribution in [-0.4, -0.2) is 47.4 Å². The highest BCUT2D eigenvalue weighted by Crippen LogP contribution is 2.18. The van der Waals surface area contributed by atoms with E-state index in [1.807, 2.05) is 0 Å². The van der Waals surface area contributed by atoms with Crippen LogP contribution >= 0.6 is 0 Å². The Labute approximate surface area is 469 Å². The molecule has 0 rings (SSSR count). The summed E-state index contributed by atoms with van der Waals surface area (Å²) in [5.41, 5.74) is 0. The molecule has 0 radical (unpaired) electrons. The van der Waals surface area contributed by atoms with E-state index < -0.39 is 12.1 Å². The highest BCUT2D eigenvalue weighted by molar-refractivity contribution is 5.76. The second-order valence-corrected chi connectivity index (χ2v) is 23.5. The largest absolute Gasteiger partial charge is 0.466 e. The van der Waals surface area contributed by atoms with Gasteiger partial charge < -0.3 is 20.3 Å². The van der Waals surface area contributed by atoms with Gasteiger partial charge in [-0.2, -0.15) is 0 Å². The second kappa shape index (κ2) is 64.9. The van der Waals surface area contributed by atoms with Crippen LogP contribution in [0.1, 0.15) is 380 Å². The fourth-order valence-electron chi connectivity index (χ4n) is 10.7. The molecule has 2 atom stereocenters. The number of aliphatic hydroxyl groups excluding tert-OH is 2. The van der Waals surface area contributed by atoms with Crippen molar-refractivity contribution in [2.75, 3.05) is 13.2 Å². The lowest BCUT2D eigenvalue weighted by molar-refractivity contribution is -0.143. The summed E-state index contributed by atoms with van der Waals surface area (Å²) in [4.78, 5) is 24.6. The second-order valence-electron chi connectivity index (χ2n) is 23.5. The fourth-order valence-corrected chi connectivity index (χ4v) is 10.7. The molecule has 0 saturated heterocycles. The van der Waals surface area contributed by atoms with E-state index in [4.69, 9.17) is 4.74 Å². The molecule has 6 nitrogen and oxygen atoms in total. The summed E-state index contributed by atoms with van der Waals surface area (Å²) in [6.45, 7) is 4.96. The first-order chi connectivity index (χ1) is 37.0. The zero-order valence-corrected chi connectivity index (χ0v) is 50.8. The lowest BCUT2D eigenvalue weighted by Crippen LogP contribution is -2.45. The molecule has 0 aliphatic carbocycles. The maximum Gasteiger partial charge on any atom is 0.305 e. The van der Waals surface area contributed by atoms with E-state index in [0.29, 0.717) is 25.9 Å². The average molecular weight is 1060 g/mol. The van der Waals surface area contributed by atoms with Crippen LogP contribution in [0.2, 0.25) is 0 Å². The van der Waals surface area contributed by atoms with Gasteiger partial charge in [-0.1, -0.05) is 314 Å². The molecule has 0 aliphatic rings. The van der Waals surface area contributed by atoms with Crippen molar-refractivity contribution in [3.05, 3.63) is 24.3 Å². The summed E-state index contributed by atoms with van der Waals surface area (Å²) < 4.78 is 5.47. The first kappa shape index (κ1) is 73.3. The Balaban J connectivity index is 3.41. The predicted octanol–water partition coefficient (Wildman–Crippen LogP) is 21.8. The van der Waals surface area contributed by atoms with E-state index in [2.05, 4.69) is 43.5 Å². The van der Waals surface area contributed by atoms with Crippen LogP contribution in [0.25, 0.3) is 0 Å². The molecule has 2 unspecified atom stereocenters. The van der Waals surface area contributed by atoms with Gasteiger partial charge in [0.05, 0.1) is 25.4 Å². The molecule has 0 aromatic carbocycles. The monoisotopic (exact) mass is 1060 g/mol. The van der Waals surface area contributed by atoms with Gasteiger partial charge in [0.25, 0.3) is 0 Å². The third-order valence-electron chi connectivity index (χ3n) is 16.0. The van der Waals surface area contributed by atoms with Crippen LogP contribution in [0.15, 0.2) is 24.3 Å². The molecule has 3 N–H and O–H groups in total. The van der Waals surface area contributed by atoms with Crippen molar-refractivity contribution in [1.82, 2.24) is 5.32 Å². The minimum Gasteiger partial charge on any atom is -0.466 e. The maximum atomic E-state index is 12.5.